The average molecular weight is 382 g/mol. The molecule has 142 valence electrons. The Hall–Kier alpha value is -1.96. The van der Waals surface area contributed by atoms with E-state index in [-0.39, 0.29) is 30.7 Å². The monoisotopic (exact) mass is 382 g/mol. The number of rotatable bonds is 5. The third-order valence-corrected chi connectivity index (χ3v) is 6.23. The Labute approximate surface area is 154 Å². The van der Waals surface area contributed by atoms with Crippen LogP contribution in [0.15, 0.2) is 18.2 Å². The van der Waals surface area contributed by atoms with Crippen molar-refractivity contribution in [2.45, 2.75) is 38.2 Å². The molecule has 8 heteroatoms. The Morgan fingerprint density at radius 1 is 1.38 bits per heavy atom. The summed E-state index contributed by atoms with van der Waals surface area (Å²) in [5.74, 6) is 0.827. The minimum atomic E-state index is -0.785. The van der Waals surface area contributed by atoms with Gasteiger partial charge in [-0.05, 0) is 36.5 Å². The van der Waals surface area contributed by atoms with E-state index in [9.17, 15) is 18.2 Å². The van der Waals surface area contributed by atoms with Gasteiger partial charge in [0.15, 0.2) is 0 Å². The first-order chi connectivity index (χ1) is 12.5. The molecule has 0 saturated carbocycles. The highest BCUT2D eigenvalue weighted by Crippen LogP contribution is 2.32. The van der Waals surface area contributed by atoms with Crippen molar-refractivity contribution < 1.29 is 22.9 Å². The molecule has 2 aliphatic rings. The van der Waals surface area contributed by atoms with Gasteiger partial charge in [-0.15, -0.1) is 0 Å². The molecule has 2 fully saturated rings. The highest BCUT2D eigenvalue weighted by molar-refractivity contribution is 7.85. The summed E-state index contributed by atoms with van der Waals surface area (Å²) in [4.78, 5) is 24.8. The molecule has 2 aliphatic heterocycles. The lowest BCUT2D eigenvalue weighted by Crippen LogP contribution is -2.34. The molecular formula is C18H23FN2O4S. The van der Waals surface area contributed by atoms with Gasteiger partial charge in [-0.2, -0.15) is 0 Å². The normalized spacial score (nSPS) is 25.8. The number of ether oxygens (including phenoxy) is 1. The third-order valence-electron chi connectivity index (χ3n) is 4.85. The van der Waals surface area contributed by atoms with Crippen molar-refractivity contribution in [2.75, 3.05) is 29.5 Å². The van der Waals surface area contributed by atoms with Crippen LogP contribution in [0.2, 0.25) is 0 Å². The fourth-order valence-corrected chi connectivity index (χ4v) is 4.61. The number of hydrogen-bond acceptors (Lipinski definition) is 4. The second kappa shape index (κ2) is 8.16. The number of anilines is 1. The first-order valence-electron chi connectivity index (χ1n) is 8.87. The van der Waals surface area contributed by atoms with Crippen LogP contribution in [0.4, 0.5) is 14.9 Å². The molecule has 1 aromatic carbocycles. The molecule has 0 aliphatic carbocycles. The quantitative estimate of drug-likeness (QED) is 0.848. The predicted octanol–water partition coefficient (Wildman–Crippen LogP) is 2.30. The molecule has 1 atom stereocenters. The number of carbonyl (C=O) groups is 2. The van der Waals surface area contributed by atoms with Gasteiger partial charge in [0, 0.05) is 28.7 Å². The van der Waals surface area contributed by atoms with E-state index in [2.05, 4.69) is 5.32 Å². The van der Waals surface area contributed by atoms with Crippen LogP contribution in [-0.4, -0.2) is 46.9 Å². The van der Waals surface area contributed by atoms with Crippen molar-refractivity contribution in [2.24, 2.45) is 0 Å². The molecule has 26 heavy (non-hydrogen) atoms. The van der Waals surface area contributed by atoms with Gasteiger partial charge in [0.25, 0.3) is 0 Å². The number of nitrogens with zero attached hydrogens (tertiary/aromatic N) is 1. The van der Waals surface area contributed by atoms with Crippen molar-refractivity contribution in [3.8, 4) is 0 Å². The van der Waals surface area contributed by atoms with Gasteiger partial charge < -0.3 is 10.1 Å². The Bertz CT molecular complexity index is 717. The summed E-state index contributed by atoms with van der Waals surface area (Å²) in [6.07, 6.45) is 0.808. The zero-order chi connectivity index (χ0) is 18.7. The van der Waals surface area contributed by atoms with Gasteiger partial charge >= 0.3 is 6.09 Å². The third kappa shape index (κ3) is 4.23. The number of carbonyl (C=O) groups excluding carboxylic acids is 2. The lowest BCUT2D eigenvalue weighted by Gasteiger charge is -2.23. The van der Waals surface area contributed by atoms with E-state index in [0.717, 1.165) is 0 Å². The fourth-order valence-electron chi connectivity index (χ4n) is 3.31. The van der Waals surface area contributed by atoms with Gasteiger partial charge in [0.2, 0.25) is 5.91 Å². The Morgan fingerprint density at radius 3 is 2.77 bits per heavy atom. The maximum atomic E-state index is 14.6. The van der Waals surface area contributed by atoms with Crippen LogP contribution in [0, 0.1) is 5.82 Å². The van der Waals surface area contributed by atoms with Crippen LogP contribution in [0.1, 0.15) is 37.7 Å². The van der Waals surface area contributed by atoms with Gasteiger partial charge in [-0.1, -0.05) is 13.0 Å². The summed E-state index contributed by atoms with van der Waals surface area (Å²) in [6, 6.07) is 4.79. The molecule has 2 saturated heterocycles. The molecule has 3 rings (SSSR count). The van der Waals surface area contributed by atoms with E-state index in [1.54, 1.807) is 19.1 Å². The largest absolute Gasteiger partial charge is 0.442 e. The number of nitrogens with one attached hydrogen (secondary N) is 1. The summed E-state index contributed by atoms with van der Waals surface area (Å²) >= 11 is 0. The molecule has 0 bridgehead atoms. The van der Waals surface area contributed by atoms with Crippen molar-refractivity contribution in [1.29, 1.82) is 0 Å². The smallest absolute Gasteiger partial charge is 0.414 e. The number of amides is 2. The topological polar surface area (TPSA) is 75.7 Å². The number of cyclic esters (lactones) is 1. The van der Waals surface area contributed by atoms with Gasteiger partial charge in [0.05, 0.1) is 18.8 Å². The first-order valence-corrected chi connectivity index (χ1v) is 10.4. The summed E-state index contributed by atoms with van der Waals surface area (Å²) in [5.41, 5.74) is 1.06. The van der Waals surface area contributed by atoms with Crippen LogP contribution in [-0.2, 0) is 20.3 Å². The Kier molecular flexibility index (Phi) is 5.90. The van der Waals surface area contributed by atoms with Crippen LogP contribution < -0.4 is 10.2 Å². The number of benzene rings is 1. The van der Waals surface area contributed by atoms with Gasteiger partial charge in [0.1, 0.15) is 11.9 Å². The van der Waals surface area contributed by atoms with Gasteiger partial charge in [-0.3, -0.25) is 13.9 Å². The van der Waals surface area contributed by atoms with Gasteiger partial charge in [-0.25, -0.2) is 9.18 Å². The van der Waals surface area contributed by atoms with E-state index < -0.39 is 23.0 Å². The minimum absolute atomic E-state index is 0.0734. The highest BCUT2D eigenvalue weighted by Gasteiger charge is 2.33. The molecule has 2 amide bonds. The maximum Gasteiger partial charge on any atom is 0.414 e. The first kappa shape index (κ1) is 18.8. The lowest BCUT2D eigenvalue weighted by molar-refractivity contribution is -0.121. The van der Waals surface area contributed by atoms with Crippen LogP contribution in [0.5, 0.6) is 0 Å². The SMILES string of the molecule is CCC(=O)NCC1CN(c2ccc(C3CCS(=O)CC3)c(F)c2)C(=O)O1. The zero-order valence-electron chi connectivity index (χ0n) is 14.7. The van der Waals surface area contributed by atoms with E-state index in [1.807, 2.05) is 0 Å². The van der Waals surface area contributed by atoms with Crippen molar-refractivity contribution in [3.05, 3.63) is 29.6 Å². The predicted molar refractivity (Wildman–Crippen MR) is 97.2 cm³/mol. The molecule has 1 aromatic rings. The summed E-state index contributed by atoms with van der Waals surface area (Å²) in [6.45, 7) is 2.26. The Balaban J connectivity index is 1.66. The molecule has 0 aromatic heterocycles. The van der Waals surface area contributed by atoms with Crippen molar-refractivity contribution in [3.63, 3.8) is 0 Å². The molecule has 6 nitrogen and oxygen atoms in total. The van der Waals surface area contributed by atoms with E-state index >= 15 is 0 Å². The molecule has 1 N–H and O–H groups in total. The summed E-state index contributed by atoms with van der Waals surface area (Å²) in [7, 11) is -0.785. The molecule has 1 unspecified atom stereocenters. The molecule has 0 spiro atoms. The van der Waals surface area contributed by atoms with Crippen LogP contribution >= 0.6 is 0 Å². The standard InChI is InChI=1S/C18H23FN2O4S/c1-2-17(22)20-10-14-11-21(18(23)25-14)13-3-4-15(16(19)9-13)12-5-7-26(24)8-6-12/h3-4,9,12,14H,2,5-8,10-11H2,1H3,(H,20,22). The van der Waals surface area contributed by atoms with E-state index in [0.29, 0.717) is 42.0 Å². The zero-order valence-corrected chi connectivity index (χ0v) is 15.5. The highest BCUT2D eigenvalue weighted by atomic mass is 32.2. The lowest BCUT2D eigenvalue weighted by atomic mass is 9.93. The molecule has 0 radical (unpaired) electrons. The van der Waals surface area contributed by atoms with Crippen molar-refractivity contribution in [1.82, 2.24) is 5.32 Å². The average Bonchev–Trinajstić information content (AvgIpc) is 3.01. The fraction of sp³-hybridized carbons (Fsp3) is 0.556. The van der Waals surface area contributed by atoms with Crippen LogP contribution in [0.3, 0.4) is 0 Å². The summed E-state index contributed by atoms with van der Waals surface area (Å²) < 4.78 is 31.3. The van der Waals surface area contributed by atoms with E-state index in [1.165, 1.54) is 11.0 Å². The minimum Gasteiger partial charge on any atom is -0.442 e. The maximum absolute atomic E-state index is 14.6. The second-order valence-electron chi connectivity index (χ2n) is 6.60. The van der Waals surface area contributed by atoms with Crippen LogP contribution in [0.25, 0.3) is 0 Å². The Morgan fingerprint density at radius 2 is 2.12 bits per heavy atom. The van der Waals surface area contributed by atoms with E-state index in [4.69, 9.17) is 4.74 Å². The van der Waals surface area contributed by atoms with Crippen molar-refractivity contribution >= 4 is 28.5 Å². The second-order valence-corrected chi connectivity index (χ2v) is 8.30. The molecule has 2 heterocycles. The number of hydrogen-bond donors (Lipinski definition) is 1. The number of halogens is 1. The summed E-state index contributed by atoms with van der Waals surface area (Å²) in [5, 5.41) is 2.69. The molecular weight excluding hydrogens is 359 g/mol.